The fourth-order valence-electron chi connectivity index (χ4n) is 2.88. The Hall–Kier alpha value is -0.730. The number of fused-ring (bicyclic) bond motifs is 2. The molecule has 2 aliphatic rings. The normalized spacial score (nSPS) is 13.4. The molecule has 2 aromatic carbocycles. The monoisotopic (exact) mass is 476 g/mol. The van der Waals surface area contributed by atoms with Crippen LogP contribution in [0.4, 0.5) is 0 Å². The van der Waals surface area contributed by atoms with Crippen LogP contribution in [0.5, 0.6) is 0 Å². The molecular formula is C21H22Cl2NSiZr. The number of benzene rings is 1. The predicted molar refractivity (Wildman–Crippen MR) is 105 cm³/mol. The van der Waals surface area contributed by atoms with E-state index in [0.29, 0.717) is 0 Å². The number of aliphatic imine (C=N–C) groups is 1. The maximum atomic E-state index is 4.54. The molecule has 0 spiro atoms. The number of hydrogen-bond donors (Lipinski definition) is 0. The minimum absolute atomic E-state index is 0. The van der Waals surface area contributed by atoms with Crippen molar-refractivity contribution in [3.8, 4) is 0 Å². The van der Waals surface area contributed by atoms with E-state index in [0.717, 1.165) is 11.4 Å². The molecule has 0 aromatic heterocycles. The van der Waals surface area contributed by atoms with Gasteiger partial charge in [0, 0.05) is 14.0 Å². The number of halogens is 2. The Balaban J connectivity index is 0.000000441. The van der Waals surface area contributed by atoms with E-state index in [1.165, 1.54) is 27.5 Å². The number of aryl methyl sites for hydroxylation is 1. The van der Waals surface area contributed by atoms with Crippen LogP contribution in [0.15, 0.2) is 76.5 Å². The van der Waals surface area contributed by atoms with Crippen LogP contribution in [-0.4, -0.2) is 19.8 Å². The number of allylic oxidation sites excluding steroid dienone is 4. The van der Waals surface area contributed by atoms with Gasteiger partial charge in [-0.25, -0.2) is 4.99 Å². The van der Waals surface area contributed by atoms with E-state index in [4.69, 9.17) is 0 Å². The van der Waals surface area contributed by atoms with E-state index >= 15 is 0 Å². The van der Waals surface area contributed by atoms with Gasteiger partial charge in [-0.05, 0) is 30.7 Å². The smallest absolute Gasteiger partial charge is 1.00 e. The zero-order valence-electron chi connectivity index (χ0n) is 15.5. The van der Waals surface area contributed by atoms with Gasteiger partial charge in [-0.1, -0.05) is 31.8 Å². The Labute approximate surface area is 189 Å². The molecule has 0 atom stereocenters. The summed E-state index contributed by atoms with van der Waals surface area (Å²) in [5, 5.41) is 2.69. The minimum Gasteiger partial charge on any atom is -1.00 e. The fraction of sp³-hybridized carbons (Fsp3) is 0.190. The first-order valence-electron chi connectivity index (χ1n) is 7.99. The third-order valence-corrected chi connectivity index (χ3v) is 4.67. The summed E-state index contributed by atoms with van der Waals surface area (Å²) in [6, 6.07) is 12.8. The summed E-state index contributed by atoms with van der Waals surface area (Å²) in [7, 11) is -0.310. The van der Waals surface area contributed by atoms with Crippen molar-refractivity contribution in [3.63, 3.8) is 0 Å². The van der Waals surface area contributed by atoms with Gasteiger partial charge in [0.1, 0.15) is 0 Å². The molecule has 5 heteroatoms. The van der Waals surface area contributed by atoms with Gasteiger partial charge in [-0.3, -0.25) is 0 Å². The molecule has 26 heavy (non-hydrogen) atoms. The van der Waals surface area contributed by atoms with E-state index in [2.05, 4.69) is 92.2 Å². The van der Waals surface area contributed by atoms with Crippen molar-refractivity contribution in [2.24, 2.45) is 4.99 Å². The third-order valence-electron chi connectivity index (χ3n) is 3.80. The van der Waals surface area contributed by atoms with Crippen molar-refractivity contribution < 1.29 is 51.0 Å². The van der Waals surface area contributed by atoms with E-state index in [9.17, 15) is 0 Å². The van der Waals surface area contributed by atoms with E-state index in [1.807, 2.05) is 0 Å². The molecule has 1 nitrogen and oxygen atoms in total. The van der Waals surface area contributed by atoms with Gasteiger partial charge in [-0.2, -0.15) is 6.07 Å². The van der Waals surface area contributed by atoms with Gasteiger partial charge in [0.2, 0.25) is 0 Å². The summed E-state index contributed by atoms with van der Waals surface area (Å²) in [6.45, 7) is 8.78. The molecule has 0 N–H and O–H groups in total. The van der Waals surface area contributed by atoms with E-state index < -0.39 is 0 Å². The standard InChI is InChI=1S/C11H13NSi.C10H9.2ClH.Zr/c1-8-4-9-6-10(7-13(2)3)12-11(9)5-8;1-8-6-9-4-2-3-5-10(9)7-8;;;/h4-7H,1-3H3;2-7H,1H3;2*1H;/q;-1;;;+3/p-2. The maximum absolute atomic E-state index is 4.54. The van der Waals surface area contributed by atoms with Crippen molar-refractivity contribution in [2.45, 2.75) is 26.9 Å². The summed E-state index contributed by atoms with van der Waals surface area (Å²) in [5.74, 6) is 0. The molecule has 4 rings (SSSR count). The zero-order valence-corrected chi connectivity index (χ0v) is 20.4. The Morgan fingerprint density at radius 1 is 1.00 bits per heavy atom. The first kappa shape index (κ1) is 25.3. The average Bonchev–Trinajstić information content (AvgIpc) is 3.09. The number of rotatable bonds is 1. The molecule has 0 saturated carbocycles. The summed E-state index contributed by atoms with van der Waals surface area (Å²) in [6.07, 6.45) is 6.52. The van der Waals surface area contributed by atoms with Gasteiger partial charge < -0.3 is 24.8 Å². The summed E-state index contributed by atoms with van der Waals surface area (Å²) in [4.78, 5) is 4.54. The Bertz CT molecular complexity index is 880. The SMILES string of the molecule is CC1=CC2=CC(C=[Si](C)C)=NC2=C1.Cc1cc2ccccc2[cH-]1.[Cl-].[Cl-].[Zr+3]. The Morgan fingerprint density at radius 2 is 1.69 bits per heavy atom. The topological polar surface area (TPSA) is 12.4 Å². The molecule has 1 aliphatic carbocycles. The second kappa shape index (κ2) is 11.2. The molecule has 0 unspecified atom stereocenters. The molecular weight excluding hydrogens is 456 g/mol. The van der Waals surface area contributed by atoms with Gasteiger partial charge in [0.05, 0.1) is 11.4 Å². The molecule has 0 saturated heterocycles. The van der Waals surface area contributed by atoms with Crippen LogP contribution < -0.4 is 24.8 Å². The van der Waals surface area contributed by atoms with Crippen LogP contribution in [0.1, 0.15) is 12.5 Å². The van der Waals surface area contributed by atoms with E-state index in [1.54, 1.807) is 0 Å². The fourth-order valence-corrected chi connectivity index (χ4v) is 3.62. The van der Waals surface area contributed by atoms with Gasteiger partial charge in [0.15, 0.2) is 0 Å². The van der Waals surface area contributed by atoms with Crippen LogP contribution in [-0.2, 0) is 26.2 Å². The molecule has 0 amide bonds. The molecule has 1 aliphatic heterocycles. The number of hydrogen-bond acceptors (Lipinski definition) is 1. The molecule has 133 valence electrons. The minimum atomic E-state index is -0.310. The van der Waals surface area contributed by atoms with Crippen molar-refractivity contribution >= 4 is 30.6 Å². The molecule has 2 aromatic rings. The van der Waals surface area contributed by atoms with Gasteiger partial charge in [0.25, 0.3) is 0 Å². The molecule has 0 fully saturated rings. The van der Waals surface area contributed by atoms with Crippen molar-refractivity contribution in [1.29, 1.82) is 0 Å². The van der Waals surface area contributed by atoms with Crippen LogP contribution >= 0.6 is 0 Å². The maximum Gasteiger partial charge on any atom is 3.00 e. The van der Waals surface area contributed by atoms with Crippen LogP contribution in [0, 0.1) is 6.92 Å². The quantitative estimate of drug-likeness (QED) is 0.377. The van der Waals surface area contributed by atoms with Crippen molar-refractivity contribution in [2.75, 3.05) is 0 Å². The zero-order chi connectivity index (χ0) is 16.4. The van der Waals surface area contributed by atoms with Crippen LogP contribution in [0.2, 0.25) is 13.1 Å². The van der Waals surface area contributed by atoms with E-state index in [-0.39, 0.29) is 59.4 Å². The first-order valence-corrected chi connectivity index (χ1v) is 10.6. The van der Waals surface area contributed by atoms with Crippen LogP contribution in [0.25, 0.3) is 10.8 Å². The Morgan fingerprint density at radius 3 is 2.31 bits per heavy atom. The number of nitrogens with zero attached hydrogens (tertiary/aromatic N) is 1. The molecule has 1 radical (unpaired) electrons. The summed E-state index contributed by atoms with van der Waals surface area (Å²) in [5.41, 5.74) is 8.53. The second-order valence-corrected chi connectivity index (χ2v) is 8.88. The third kappa shape index (κ3) is 6.46. The van der Waals surface area contributed by atoms with Crippen LogP contribution in [0.3, 0.4) is 0 Å². The van der Waals surface area contributed by atoms with Crippen molar-refractivity contribution in [1.82, 2.24) is 0 Å². The molecule has 1 heterocycles. The summed E-state index contributed by atoms with van der Waals surface area (Å²) >= 11 is 0. The average molecular weight is 479 g/mol. The second-order valence-electron chi connectivity index (χ2n) is 6.44. The first-order chi connectivity index (χ1) is 11.0. The predicted octanol–water partition coefficient (Wildman–Crippen LogP) is -0.778. The van der Waals surface area contributed by atoms with Crippen molar-refractivity contribution in [3.05, 3.63) is 77.0 Å². The largest absolute Gasteiger partial charge is 3.00 e. The summed E-state index contributed by atoms with van der Waals surface area (Å²) < 4.78 is 0. The molecule has 0 bridgehead atoms. The van der Waals surface area contributed by atoms with Gasteiger partial charge in [-0.15, -0.1) is 40.6 Å². The Kier molecular flexibility index (Phi) is 10.9. The van der Waals surface area contributed by atoms with Gasteiger partial charge >= 0.3 is 26.2 Å².